The van der Waals surface area contributed by atoms with Crippen LogP contribution < -0.4 is 0 Å². The summed E-state index contributed by atoms with van der Waals surface area (Å²) in [6.07, 6.45) is 5.90. The summed E-state index contributed by atoms with van der Waals surface area (Å²) >= 11 is 0. The zero-order chi connectivity index (χ0) is 15.8. The molecule has 1 atom stereocenters. The number of rotatable bonds is 3. The molecule has 0 saturated carbocycles. The first-order chi connectivity index (χ1) is 11.2. The van der Waals surface area contributed by atoms with E-state index in [-0.39, 0.29) is 11.9 Å². The summed E-state index contributed by atoms with van der Waals surface area (Å²) in [6.45, 7) is 1.84. The van der Waals surface area contributed by atoms with E-state index < -0.39 is 0 Å². The molecule has 4 rings (SSSR count). The van der Waals surface area contributed by atoms with Crippen molar-refractivity contribution >= 4 is 17.8 Å². The van der Waals surface area contributed by atoms with E-state index in [0.29, 0.717) is 29.4 Å². The minimum absolute atomic E-state index is 0.156. The lowest BCUT2D eigenvalue weighted by molar-refractivity contribution is -0.541. The fourth-order valence-electron chi connectivity index (χ4n) is 2.68. The Bertz CT molecular complexity index is 889. The Balaban J connectivity index is 1.74. The van der Waals surface area contributed by atoms with E-state index in [4.69, 9.17) is 0 Å². The molecule has 0 fully saturated rings. The molecule has 0 saturated heterocycles. The quantitative estimate of drug-likeness (QED) is 0.876. The van der Waals surface area contributed by atoms with Crippen LogP contribution in [0.2, 0.25) is 0 Å². The maximum atomic E-state index is 13.9. The largest absolute Gasteiger partial charge is 0.324 e. The molecule has 114 valence electrons. The number of halogens is 1. The number of aromatic amines is 1. The van der Waals surface area contributed by atoms with Crippen molar-refractivity contribution in [3.63, 3.8) is 0 Å². The van der Waals surface area contributed by atoms with Crippen LogP contribution in [0.1, 0.15) is 17.2 Å². The predicted octanol–water partition coefficient (Wildman–Crippen LogP) is 1.63. The number of fused-ring (bicyclic) bond motifs is 1. The van der Waals surface area contributed by atoms with Gasteiger partial charge in [-0.05, 0) is 30.1 Å². The van der Waals surface area contributed by atoms with Crippen LogP contribution in [0.15, 0.2) is 46.5 Å². The Morgan fingerprint density at radius 1 is 1.30 bits per heavy atom. The van der Waals surface area contributed by atoms with Crippen molar-refractivity contribution in [3.05, 3.63) is 59.4 Å². The van der Waals surface area contributed by atoms with Gasteiger partial charge in [-0.15, -0.1) is 9.78 Å². The number of aliphatic imine (C=N–C) groups is 1. The van der Waals surface area contributed by atoms with Gasteiger partial charge >= 0.3 is 5.84 Å². The Hall–Kier alpha value is -2.96. The van der Waals surface area contributed by atoms with Gasteiger partial charge in [0.25, 0.3) is 0 Å². The number of benzene rings is 1. The summed E-state index contributed by atoms with van der Waals surface area (Å²) < 4.78 is 15.7. The van der Waals surface area contributed by atoms with E-state index in [0.717, 1.165) is 5.82 Å². The van der Waals surface area contributed by atoms with Crippen LogP contribution in [0, 0.1) is 12.7 Å². The van der Waals surface area contributed by atoms with Crippen LogP contribution in [-0.2, 0) is 6.42 Å². The number of nitrogens with zero attached hydrogens (tertiary/aromatic N) is 5. The minimum atomic E-state index is -0.245. The van der Waals surface area contributed by atoms with E-state index in [1.54, 1.807) is 23.0 Å². The third-order valence-corrected chi connectivity index (χ3v) is 3.76. The summed E-state index contributed by atoms with van der Waals surface area (Å²) in [5.41, 5.74) is 1.30. The fourth-order valence-corrected chi connectivity index (χ4v) is 2.68. The van der Waals surface area contributed by atoms with Crippen molar-refractivity contribution in [1.82, 2.24) is 15.2 Å². The molecule has 6 nitrogen and oxygen atoms in total. The van der Waals surface area contributed by atoms with Crippen molar-refractivity contribution in [2.24, 2.45) is 10.1 Å². The Labute approximate surface area is 131 Å². The van der Waals surface area contributed by atoms with Gasteiger partial charge in [-0.25, -0.2) is 9.37 Å². The third-order valence-electron chi connectivity index (χ3n) is 3.76. The first kappa shape index (κ1) is 13.7. The average Bonchev–Trinajstić information content (AvgIpc) is 3.14. The molecule has 0 aliphatic carbocycles. The Kier molecular flexibility index (Phi) is 3.18. The molecule has 0 bridgehead atoms. The number of hydrogen-bond acceptors (Lipinski definition) is 4. The molecule has 1 aromatic heterocycles. The molecule has 2 aromatic rings. The number of allylic oxidation sites excluding steroid dienone is 1. The first-order valence-corrected chi connectivity index (χ1v) is 7.29. The zero-order valence-electron chi connectivity index (χ0n) is 12.4. The number of hydrazone groups is 1. The van der Waals surface area contributed by atoms with Crippen molar-refractivity contribution in [3.8, 4) is 0 Å². The zero-order valence-corrected chi connectivity index (χ0v) is 12.4. The van der Waals surface area contributed by atoms with E-state index in [9.17, 15) is 4.39 Å². The maximum Gasteiger partial charge on any atom is 0.324 e. The molecule has 0 amide bonds. The number of amidine groups is 1. The lowest BCUT2D eigenvalue weighted by Crippen LogP contribution is -2.29. The number of H-pyrrole nitrogens is 1. The summed E-state index contributed by atoms with van der Waals surface area (Å²) in [7, 11) is 0. The second kappa shape index (κ2) is 5.35. The predicted molar refractivity (Wildman–Crippen MR) is 84.4 cm³/mol. The lowest BCUT2D eigenvalue weighted by atomic mass is 10.1. The minimum Gasteiger partial charge on any atom is -0.263 e. The second-order valence-electron chi connectivity index (χ2n) is 5.36. The number of aromatic nitrogens is 3. The molecule has 1 N–H and O–H groups in total. The lowest BCUT2D eigenvalue weighted by Gasteiger charge is -2.07. The third kappa shape index (κ3) is 2.40. The van der Waals surface area contributed by atoms with E-state index in [1.807, 2.05) is 25.1 Å². The van der Waals surface area contributed by atoms with E-state index >= 15 is 0 Å². The standard InChI is InChI=1S/C16H13FN6/c1-10-19-16(22-21-10)15-13-7-4-8-18-23(13)14(20-15)9-11-5-2-3-6-12(11)17/h2-8,13H,9H2,1H3/p+1. The number of aryl methyl sites for hydroxylation is 1. The normalized spacial score (nSPS) is 19.2. The van der Waals surface area contributed by atoms with E-state index in [2.05, 4.69) is 25.3 Å². The molecule has 1 aromatic carbocycles. The van der Waals surface area contributed by atoms with E-state index in [1.165, 1.54) is 6.07 Å². The van der Waals surface area contributed by atoms with Crippen LogP contribution in [-0.4, -0.2) is 43.7 Å². The number of nitrogens with one attached hydrogen (secondary N) is 1. The van der Waals surface area contributed by atoms with Crippen LogP contribution in [0.25, 0.3) is 0 Å². The van der Waals surface area contributed by atoms with Gasteiger partial charge in [-0.1, -0.05) is 23.3 Å². The molecule has 0 spiro atoms. The van der Waals surface area contributed by atoms with Crippen molar-refractivity contribution in [2.75, 3.05) is 0 Å². The Morgan fingerprint density at radius 2 is 2.17 bits per heavy atom. The molecular weight excluding hydrogens is 295 g/mol. The topological polar surface area (TPSA) is 69.3 Å². The summed E-state index contributed by atoms with van der Waals surface area (Å²) in [5, 5.41) is 11.4. The second-order valence-corrected chi connectivity index (χ2v) is 5.36. The molecule has 1 unspecified atom stereocenters. The van der Waals surface area contributed by atoms with Gasteiger partial charge in [0, 0.05) is 5.56 Å². The van der Waals surface area contributed by atoms with Crippen molar-refractivity contribution in [1.29, 1.82) is 0 Å². The molecule has 23 heavy (non-hydrogen) atoms. The van der Waals surface area contributed by atoms with Crippen LogP contribution >= 0.6 is 0 Å². The smallest absolute Gasteiger partial charge is 0.263 e. The monoisotopic (exact) mass is 309 g/mol. The average molecular weight is 309 g/mol. The molecule has 0 radical (unpaired) electrons. The number of hydrogen-bond donors (Lipinski definition) is 1. The summed E-state index contributed by atoms with van der Waals surface area (Å²) in [5.74, 6) is 1.70. The van der Waals surface area contributed by atoms with Crippen LogP contribution in [0.3, 0.4) is 0 Å². The SMILES string of the molecule is Cc1nc(C2=NC(Cc3ccccc3F)=[N+]3N=CC=CC23)n[nH]1. The highest BCUT2D eigenvalue weighted by Gasteiger charge is 2.40. The van der Waals surface area contributed by atoms with Gasteiger partial charge in [0.05, 0.1) is 12.6 Å². The van der Waals surface area contributed by atoms with Crippen molar-refractivity contribution in [2.45, 2.75) is 19.4 Å². The molecule has 2 aliphatic heterocycles. The maximum absolute atomic E-state index is 13.9. The van der Waals surface area contributed by atoms with Crippen LogP contribution in [0.5, 0.6) is 0 Å². The van der Waals surface area contributed by atoms with Gasteiger partial charge in [-0.2, -0.15) is 0 Å². The highest BCUT2D eigenvalue weighted by atomic mass is 19.1. The van der Waals surface area contributed by atoms with Gasteiger partial charge in [0.15, 0.2) is 0 Å². The Morgan fingerprint density at radius 3 is 2.96 bits per heavy atom. The van der Waals surface area contributed by atoms with Gasteiger partial charge in [0.1, 0.15) is 11.6 Å². The summed E-state index contributed by atoms with van der Waals surface area (Å²) in [4.78, 5) is 8.98. The van der Waals surface area contributed by atoms with Crippen molar-refractivity contribution < 1.29 is 9.07 Å². The fraction of sp³-hybridized carbons (Fsp3) is 0.188. The van der Waals surface area contributed by atoms with Gasteiger partial charge in [-0.3, -0.25) is 5.10 Å². The highest BCUT2D eigenvalue weighted by molar-refractivity contribution is 6.11. The molecule has 7 heteroatoms. The molecule has 2 aliphatic rings. The highest BCUT2D eigenvalue weighted by Crippen LogP contribution is 2.18. The summed E-state index contributed by atoms with van der Waals surface area (Å²) in [6, 6.07) is 6.54. The molecule has 3 heterocycles. The van der Waals surface area contributed by atoms with Crippen LogP contribution in [0.4, 0.5) is 4.39 Å². The van der Waals surface area contributed by atoms with Gasteiger partial charge in [0.2, 0.25) is 17.6 Å². The first-order valence-electron chi connectivity index (χ1n) is 7.29. The molecular formula is C16H14FN6+. The van der Waals surface area contributed by atoms with Gasteiger partial charge < -0.3 is 0 Å².